The number of benzene rings is 4. The third kappa shape index (κ3) is 4.01. The van der Waals surface area contributed by atoms with E-state index >= 15 is 0 Å². The van der Waals surface area contributed by atoms with Crippen molar-refractivity contribution in [3.8, 4) is 5.69 Å². The maximum atomic E-state index is 6.48. The van der Waals surface area contributed by atoms with Crippen LogP contribution in [-0.4, -0.2) is 41.2 Å². The fraction of sp³-hybridized carbons (Fsp3) is 0.333. The number of aromatic nitrogens is 1. The molecule has 8 heteroatoms. The van der Waals surface area contributed by atoms with Crippen molar-refractivity contribution in [2.45, 2.75) is 77.8 Å². The summed E-state index contributed by atoms with van der Waals surface area (Å²) < 4.78 is 30.9. The first-order valence-corrected chi connectivity index (χ1v) is 16.3. The predicted molar refractivity (Wildman–Crippen MR) is 185 cm³/mol. The van der Waals surface area contributed by atoms with Crippen LogP contribution in [0.15, 0.2) is 78.9 Å². The molecule has 0 amide bonds. The van der Waals surface area contributed by atoms with Crippen molar-refractivity contribution in [3.63, 3.8) is 0 Å². The molecule has 2 saturated heterocycles. The van der Waals surface area contributed by atoms with E-state index in [-0.39, 0.29) is 0 Å². The quantitative estimate of drug-likeness (QED) is 0.195. The lowest BCUT2D eigenvalue weighted by Gasteiger charge is -2.32. The van der Waals surface area contributed by atoms with Gasteiger partial charge in [0.1, 0.15) is 0 Å². The molecule has 0 aliphatic carbocycles. The summed E-state index contributed by atoms with van der Waals surface area (Å²) in [6, 6.07) is 28.5. The fourth-order valence-corrected chi connectivity index (χ4v) is 7.68. The molecular formula is C36H37B2NO4S. The van der Waals surface area contributed by atoms with Crippen LogP contribution in [0.4, 0.5) is 0 Å². The Labute approximate surface area is 263 Å². The van der Waals surface area contributed by atoms with Gasteiger partial charge >= 0.3 is 14.2 Å². The largest absolute Gasteiger partial charge is 0.494 e. The number of fused-ring (bicyclic) bond motifs is 6. The molecule has 0 bridgehead atoms. The molecule has 6 aromatic rings. The van der Waals surface area contributed by atoms with E-state index < -0.39 is 36.6 Å². The van der Waals surface area contributed by atoms with Crippen molar-refractivity contribution in [3.05, 3.63) is 78.9 Å². The van der Waals surface area contributed by atoms with E-state index in [0.29, 0.717) is 0 Å². The Bertz CT molecular complexity index is 2000. The first-order valence-electron chi connectivity index (χ1n) is 15.5. The molecule has 2 aromatic heterocycles. The second kappa shape index (κ2) is 9.21. The summed E-state index contributed by atoms with van der Waals surface area (Å²) in [6.07, 6.45) is 0. The maximum absolute atomic E-state index is 6.48. The van der Waals surface area contributed by atoms with Crippen molar-refractivity contribution in [2.75, 3.05) is 0 Å². The van der Waals surface area contributed by atoms with Crippen molar-refractivity contribution >= 4 is 78.5 Å². The van der Waals surface area contributed by atoms with Crippen LogP contribution in [0.3, 0.4) is 0 Å². The Morgan fingerprint density at radius 3 is 1.52 bits per heavy atom. The second-order valence-electron chi connectivity index (χ2n) is 14.3. The van der Waals surface area contributed by atoms with Crippen molar-refractivity contribution in [2.24, 2.45) is 0 Å². The number of rotatable bonds is 3. The van der Waals surface area contributed by atoms with Gasteiger partial charge in [0.2, 0.25) is 0 Å². The molecule has 222 valence electrons. The summed E-state index contributed by atoms with van der Waals surface area (Å²) in [5.74, 6) is 0. The maximum Gasteiger partial charge on any atom is 0.494 e. The fourth-order valence-electron chi connectivity index (χ4n) is 6.48. The average molecular weight is 601 g/mol. The van der Waals surface area contributed by atoms with E-state index in [1.54, 1.807) is 0 Å². The van der Waals surface area contributed by atoms with Gasteiger partial charge < -0.3 is 23.2 Å². The van der Waals surface area contributed by atoms with Crippen molar-refractivity contribution < 1.29 is 18.6 Å². The smallest absolute Gasteiger partial charge is 0.399 e. The molecule has 0 atom stereocenters. The van der Waals surface area contributed by atoms with E-state index in [1.165, 1.54) is 25.9 Å². The molecule has 44 heavy (non-hydrogen) atoms. The zero-order valence-electron chi connectivity index (χ0n) is 26.6. The monoisotopic (exact) mass is 601 g/mol. The lowest BCUT2D eigenvalue weighted by molar-refractivity contribution is 0.00578. The van der Waals surface area contributed by atoms with E-state index in [2.05, 4.69) is 139 Å². The number of nitrogens with zero attached hydrogens (tertiary/aromatic N) is 1. The summed E-state index contributed by atoms with van der Waals surface area (Å²) in [6.45, 7) is 16.8. The van der Waals surface area contributed by atoms with Gasteiger partial charge in [-0.2, -0.15) is 0 Å². The van der Waals surface area contributed by atoms with Gasteiger partial charge in [0.05, 0.1) is 43.8 Å². The molecule has 2 fully saturated rings. The number of thiophene rings is 1. The van der Waals surface area contributed by atoms with Crippen molar-refractivity contribution in [1.29, 1.82) is 0 Å². The molecule has 8 rings (SSSR count). The highest BCUT2D eigenvalue weighted by molar-refractivity contribution is 7.26. The molecular weight excluding hydrogens is 564 g/mol. The molecule has 0 spiro atoms. The minimum absolute atomic E-state index is 0.415. The van der Waals surface area contributed by atoms with Crippen molar-refractivity contribution in [1.82, 2.24) is 4.57 Å². The Hall–Kier alpha value is -3.13. The van der Waals surface area contributed by atoms with Crippen LogP contribution in [0.25, 0.3) is 47.7 Å². The average Bonchev–Trinajstić information content (AvgIpc) is 3.63. The molecule has 4 heterocycles. The molecule has 5 nitrogen and oxygen atoms in total. The van der Waals surface area contributed by atoms with Gasteiger partial charge in [-0.3, -0.25) is 0 Å². The first-order chi connectivity index (χ1) is 20.8. The standard InChI is InChI=1S/C36H37B2NO4S/c1-33(2)34(3,4)41-37(40-33)22-16-18-28-26(20-22)27-21-23(38-42-35(5,6)36(7,8)43-38)17-19-29(27)39(28)30-14-11-13-25-24-12-9-10-15-31(24)44-32(25)30/h9-21H,1-8H3. The summed E-state index contributed by atoms with van der Waals surface area (Å²) in [5, 5.41) is 4.86. The molecule has 2 aliphatic heterocycles. The Balaban J connectivity index is 1.36. The highest BCUT2D eigenvalue weighted by Crippen LogP contribution is 2.42. The second-order valence-corrected chi connectivity index (χ2v) is 15.4. The van der Waals surface area contributed by atoms with Crippen LogP contribution >= 0.6 is 11.3 Å². The Morgan fingerprint density at radius 1 is 0.523 bits per heavy atom. The van der Waals surface area contributed by atoms with Gasteiger partial charge in [0.15, 0.2) is 0 Å². The van der Waals surface area contributed by atoms with E-state index in [1.807, 2.05) is 11.3 Å². The predicted octanol–water partition coefficient (Wildman–Crippen LogP) is 7.75. The lowest BCUT2D eigenvalue weighted by atomic mass is 9.77. The van der Waals surface area contributed by atoms with Crippen LogP contribution < -0.4 is 10.9 Å². The summed E-state index contributed by atoms with van der Waals surface area (Å²) >= 11 is 1.85. The lowest BCUT2D eigenvalue weighted by Crippen LogP contribution is -2.41. The third-order valence-corrected chi connectivity index (χ3v) is 11.7. The zero-order valence-corrected chi connectivity index (χ0v) is 27.5. The van der Waals surface area contributed by atoms with Gasteiger partial charge in [0, 0.05) is 26.2 Å². The molecule has 0 N–H and O–H groups in total. The minimum atomic E-state index is -0.444. The highest BCUT2D eigenvalue weighted by atomic mass is 32.1. The first kappa shape index (κ1) is 28.4. The van der Waals surface area contributed by atoms with Crippen LogP contribution in [0.5, 0.6) is 0 Å². The summed E-state index contributed by atoms with van der Waals surface area (Å²) in [7, 11) is -0.889. The topological polar surface area (TPSA) is 41.9 Å². The van der Waals surface area contributed by atoms with Crippen LogP contribution in [0, 0.1) is 0 Å². The Kier molecular flexibility index (Phi) is 5.93. The van der Waals surface area contributed by atoms with Crippen LogP contribution in [-0.2, 0) is 18.6 Å². The van der Waals surface area contributed by atoms with Gasteiger partial charge in [0.25, 0.3) is 0 Å². The molecule has 0 saturated carbocycles. The van der Waals surface area contributed by atoms with Crippen LogP contribution in [0.2, 0.25) is 0 Å². The zero-order chi connectivity index (χ0) is 30.8. The normalized spacial score (nSPS) is 20.5. The van der Waals surface area contributed by atoms with Gasteiger partial charge in [-0.05, 0) is 90.6 Å². The van der Waals surface area contributed by atoms with E-state index in [0.717, 1.165) is 32.7 Å². The molecule has 4 aromatic carbocycles. The van der Waals surface area contributed by atoms with E-state index in [4.69, 9.17) is 18.6 Å². The molecule has 0 radical (unpaired) electrons. The summed E-state index contributed by atoms with van der Waals surface area (Å²) in [4.78, 5) is 0. The van der Waals surface area contributed by atoms with Crippen LogP contribution in [0.1, 0.15) is 55.4 Å². The highest BCUT2D eigenvalue weighted by Gasteiger charge is 2.53. The minimum Gasteiger partial charge on any atom is -0.399 e. The Morgan fingerprint density at radius 2 is 1.00 bits per heavy atom. The SMILES string of the molecule is CC1(C)OB(c2ccc3c(c2)c2cc(B4OC(C)(C)C(C)(C)O4)ccc2n3-c2cccc3c2sc2ccccc23)OC1(C)C. The number of hydrogen-bond donors (Lipinski definition) is 0. The molecule has 2 aliphatic rings. The summed E-state index contributed by atoms with van der Waals surface area (Å²) in [5.41, 5.74) is 3.81. The van der Waals surface area contributed by atoms with Gasteiger partial charge in [-0.1, -0.05) is 54.6 Å². The molecule has 0 unspecified atom stereocenters. The van der Waals surface area contributed by atoms with Gasteiger partial charge in [-0.25, -0.2) is 0 Å². The van der Waals surface area contributed by atoms with E-state index in [9.17, 15) is 0 Å². The van der Waals surface area contributed by atoms with Gasteiger partial charge in [-0.15, -0.1) is 11.3 Å². The third-order valence-electron chi connectivity index (χ3n) is 10.5. The number of hydrogen-bond acceptors (Lipinski definition) is 5.